The summed E-state index contributed by atoms with van der Waals surface area (Å²) in [7, 11) is 1.87. The van der Waals surface area contributed by atoms with E-state index in [9.17, 15) is 19.5 Å². The zero-order valence-corrected chi connectivity index (χ0v) is 22.6. The highest BCUT2D eigenvalue weighted by Gasteiger charge is 2.45. The van der Waals surface area contributed by atoms with Crippen LogP contribution >= 0.6 is 0 Å². The van der Waals surface area contributed by atoms with E-state index in [1.165, 1.54) is 0 Å². The van der Waals surface area contributed by atoms with Crippen LogP contribution in [0, 0.1) is 5.41 Å². The Kier molecular flexibility index (Phi) is 8.16. The highest BCUT2D eigenvalue weighted by molar-refractivity contribution is 5.87. The molecule has 2 aliphatic carbocycles. The molecule has 3 aromatic rings. The maximum absolute atomic E-state index is 13.3. The van der Waals surface area contributed by atoms with Gasteiger partial charge in [-0.2, -0.15) is 0 Å². The summed E-state index contributed by atoms with van der Waals surface area (Å²) < 4.78 is 5.69. The summed E-state index contributed by atoms with van der Waals surface area (Å²) in [5.41, 5.74) is 4.62. The van der Waals surface area contributed by atoms with Crippen molar-refractivity contribution in [1.29, 1.82) is 0 Å². The molecule has 1 saturated carbocycles. The normalized spacial score (nSPS) is 15.8. The monoisotopic (exact) mass is 541 g/mol. The summed E-state index contributed by atoms with van der Waals surface area (Å²) in [6.07, 6.45) is 1.19. The molecule has 0 aromatic heterocycles. The van der Waals surface area contributed by atoms with Crippen molar-refractivity contribution in [3.63, 3.8) is 0 Å². The molecule has 208 valence electrons. The quantitative estimate of drug-likeness (QED) is 0.332. The average molecular weight is 542 g/mol. The number of nitrogens with one attached hydrogen (secondary N) is 2. The molecule has 2 amide bonds. The van der Waals surface area contributed by atoms with Crippen molar-refractivity contribution in [3.8, 4) is 11.1 Å². The van der Waals surface area contributed by atoms with E-state index in [4.69, 9.17) is 4.74 Å². The molecule has 40 heavy (non-hydrogen) atoms. The number of amides is 2. The number of carboxylic acids is 1. The number of fused-ring (bicyclic) bond motifs is 3. The molecule has 8 nitrogen and oxygen atoms in total. The molecule has 1 unspecified atom stereocenters. The molecule has 1 fully saturated rings. The molecule has 0 spiro atoms. The van der Waals surface area contributed by atoms with E-state index < -0.39 is 29.4 Å². The van der Waals surface area contributed by atoms with Crippen LogP contribution in [0.15, 0.2) is 78.9 Å². The van der Waals surface area contributed by atoms with E-state index >= 15 is 0 Å². The lowest BCUT2D eigenvalue weighted by Gasteiger charge is -2.38. The lowest BCUT2D eigenvalue weighted by Crippen LogP contribution is -2.55. The van der Waals surface area contributed by atoms with E-state index in [-0.39, 0.29) is 25.6 Å². The Balaban J connectivity index is 1.25. The van der Waals surface area contributed by atoms with Crippen LogP contribution in [0.3, 0.4) is 0 Å². The second kappa shape index (κ2) is 11.9. The van der Waals surface area contributed by atoms with Crippen LogP contribution in [-0.2, 0) is 20.9 Å². The Hall–Kier alpha value is -4.17. The summed E-state index contributed by atoms with van der Waals surface area (Å²) in [4.78, 5) is 40.0. The summed E-state index contributed by atoms with van der Waals surface area (Å²) in [6.45, 7) is 0.976. The van der Waals surface area contributed by atoms with Crippen molar-refractivity contribution in [2.75, 3.05) is 26.7 Å². The van der Waals surface area contributed by atoms with Crippen LogP contribution in [0.4, 0.5) is 4.79 Å². The molecule has 0 aliphatic heterocycles. The summed E-state index contributed by atoms with van der Waals surface area (Å²) >= 11 is 0. The van der Waals surface area contributed by atoms with Gasteiger partial charge in [0.05, 0.1) is 5.41 Å². The molecule has 0 saturated heterocycles. The van der Waals surface area contributed by atoms with Gasteiger partial charge in [0.15, 0.2) is 0 Å². The molecule has 0 heterocycles. The van der Waals surface area contributed by atoms with Crippen molar-refractivity contribution in [3.05, 3.63) is 95.6 Å². The predicted molar refractivity (Wildman–Crippen MR) is 152 cm³/mol. The van der Waals surface area contributed by atoms with Crippen LogP contribution in [0.25, 0.3) is 11.1 Å². The highest BCUT2D eigenvalue weighted by atomic mass is 16.5. The number of hydrogen-bond donors (Lipinski definition) is 3. The van der Waals surface area contributed by atoms with Crippen LogP contribution < -0.4 is 10.6 Å². The van der Waals surface area contributed by atoms with Gasteiger partial charge in [-0.05, 0) is 47.7 Å². The third-order valence-corrected chi connectivity index (χ3v) is 8.11. The molecular weight excluding hydrogens is 506 g/mol. The fraction of sp³-hybridized carbons (Fsp3) is 0.344. The number of rotatable bonds is 11. The third-order valence-electron chi connectivity index (χ3n) is 8.11. The molecule has 0 radical (unpaired) electrons. The lowest BCUT2D eigenvalue weighted by atomic mass is 9.69. The number of nitrogens with zero attached hydrogens (tertiary/aromatic N) is 1. The first-order valence-electron chi connectivity index (χ1n) is 13.7. The van der Waals surface area contributed by atoms with E-state index in [0.717, 1.165) is 34.2 Å². The fourth-order valence-electron chi connectivity index (χ4n) is 5.70. The summed E-state index contributed by atoms with van der Waals surface area (Å²) in [6, 6.07) is 25.1. The van der Waals surface area contributed by atoms with Gasteiger partial charge >= 0.3 is 12.1 Å². The maximum Gasteiger partial charge on any atom is 0.407 e. The first-order valence-corrected chi connectivity index (χ1v) is 13.7. The Bertz CT molecular complexity index is 1330. The van der Waals surface area contributed by atoms with Crippen molar-refractivity contribution in [1.82, 2.24) is 15.5 Å². The van der Waals surface area contributed by atoms with E-state index in [0.29, 0.717) is 19.4 Å². The Labute approximate surface area is 234 Å². The van der Waals surface area contributed by atoms with E-state index in [1.54, 1.807) is 0 Å². The number of alkyl carbamates (subject to hydrolysis) is 1. The minimum Gasteiger partial charge on any atom is -0.481 e. The number of carbonyl (C=O) groups is 3. The molecule has 5 rings (SSSR count). The molecule has 1 atom stereocenters. The van der Waals surface area contributed by atoms with Gasteiger partial charge < -0.3 is 20.5 Å². The van der Waals surface area contributed by atoms with Crippen molar-refractivity contribution >= 4 is 18.0 Å². The van der Waals surface area contributed by atoms with Gasteiger partial charge in [0.25, 0.3) is 0 Å². The van der Waals surface area contributed by atoms with Crippen LogP contribution in [0.1, 0.15) is 41.9 Å². The first-order chi connectivity index (χ1) is 19.4. The maximum atomic E-state index is 13.3. The highest BCUT2D eigenvalue weighted by Crippen LogP contribution is 2.44. The molecular formula is C32H35N3O5. The topological polar surface area (TPSA) is 108 Å². The van der Waals surface area contributed by atoms with Crippen molar-refractivity contribution in [2.24, 2.45) is 5.41 Å². The van der Waals surface area contributed by atoms with Crippen LogP contribution in [0.5, 0.6) is 0 Å². The van der Waals surface area contributed by atoms with E-state index in [2.05, 4.69) is 34.9 Å². The summed E-state index contributed by atoms with van der Waals surface area (Å²) in [5.74, 6) is -1.43. The number of ether oxygens (including phenoxy) is 1. The van der Waals surface area contributed by atoms with Gasteiger partial charge in [0.2, 0.25) is 5.91 Å². The second-order valence-corrected chi connectivity index (χ2v) is 10.9. The zero-order chi connectivity index (χ0) is 28.1. The predicted octanol–water partition coefficient (Wildman–Crippen LogP) is 4.40. The smallest absolute Gasteiger partial charge is 0.407 e. The number of carboxylic acid groups (broad SMARTS) is 1. The largest absolute Gasteiger partial charge is 0.481 e. The number of aliphatic carboxylic acids is 1. The lowest BCUT2D eigenvalue weighted by molar-refractivity contribution is -0.154. The Morgan fingerprint density at radius 2 is 1.55 bits per heavy atom. The van der Waals surface area contributed by atoms with Gasteiger partial charge in [0, 0.05) is 25.6 Å². The summed E-state index contributed by atoms with van der Waals surface area (Å²) in [5, 5.41) is 15.2. The second-order valence-electron chi connectivity index (χ2n) is 10.9. The van der Waals surface area contributed by atoms with Crippen molar-refractivity contribution < 1.29 is 24.2 Å². The number of likely N-dealkylation sites (N-methyl/N-ethyl adjacent to an activating group) is 1. The average Bonchev–Trinajstić information content (AvgIpc) is 3.25. The van der Waals surface area contributed by atoms with Gasteiger partial charge in [-0.3, -0.25) is 14.5 Å². The third kappa shape index (κ3) is 5.87. The Morgan fingerprint density at radius 1 is 0.950 bits per heavy atom. The molecule has 3 aromatic carbocycles. The zero-order valence-electron chi connectivity index (χ0n) is 22.6. The molecule has 8 heteroatoms. The first kappa shape index (κ1) is 27.4. The van der Waals surface area contributed by atoms with Gasteiger partial charge in [-0.25, -0.2) is 4.79 Å². The molecule has 2 aliphatic rings. The van der Waals surface area contributed by atoms with Crippen LogP contribution in [-0.4, -0.2) is 60.8 Å². The number of benzene rings is 3. The molecule has 3 N–H and O–H groups in total. The minimum atomic E-state index is -0.931. The fourth-order valence-corrected chi connectivity index (χ4v) is 5.70. The minimum absolute atomic E-state index is 0.0342. The molecule has 0 bridgehead atoms. The standard InChI is InChI=1S/C32H35N3O5/c1-35(18-22-10-3-2-4-11-22)19-28(29(36)33-21-32(30(37)38)16-9-17-32)34-31(39)40-20-27-25-14-7-5-12-23(25)24-13-6-8-15-26(24)27/h2-8,10-15,27-28H,9,16-21H2,1H3,(H,33,36)(H,34,39)(H,37,38). The van der Waals surface area contributed by atoms with Crippen LogP contribution in [0.2, 0.25) is 0 Å². The number of carbonyl (C=O) groups excluding carboxylic acids is 2. The van der Waals surface area contributed by atoms with Gasteiger partial charge in [-0.15, -0.1) is 0 Å². The SMILES string of the molecule is CN(Cc1ccccc1)CC(NC(=O)OCC1c2ccccc2-c2ccccc21)C(=O)NCC1(C(=O)O)CCC1. The number of hydrogen-bond acceptors (Lipinski definition) is 5. The van der Waals surface area contributed by atoms with Crippen molar-refractivity contribution in [2.45, 2.75) is 37.8 Å². The van der Waals surface area contributed by atoms with Gasteiger partial charge in [0.1, 0.15) is 12.6 Å². The van der Waals surface area contributed by atoms with E-state index in [1.807, 2.05) is 66.5 Å². The van der Waals surface area contributed by atoms with Gasteiger partial charge in [-0.1, -0.05) is 85.3 Å². The Morgan fingerprint density at radius 3 is 2.12 bits per heavy atom.